The lowest BCUT2D eigenvalue weighted by Crippen LogP contribution is -2.29. The van der Waals surface area contributed by atoms with Gasteiger partial charge in [0.2, 0.25) is 5.95 Å². The Bertz CT molecular complexity index is 1140. The summed E-state index contributed by atoms with van der Waals surface area (Å²) in [5, 5.41) is 15.8. The Kier molecular flexibility index (Phi) is 5.61. The molecule has 154 valence electrons. The minimum Gasteiger partial charge on any atom is -0.489 e. The van der Waals surface area contributed by atoms with Gasteiger partial charge in [-0.15, -0.1) is 0 Å². The van der Waals surface area contributed by atoms with E-state index in [0.717, 1.165) is 11.1 Å². The summed E-state index contributed by atoms with van der Waals surface area (Å²) in [7, 11) is 1.34. The lowest BCUT2D eigenvalue weighted by Gasteiger charge is -2.27. The maximum atomic E-state index is 12.5. The number of rotatable bonds is 5. The number of fused-ring (bicyclic) bond motifs is 1. The Labute approximate surface area is 182 Å². The van der Waals surface area contributed by atoms with Crippen LogP contribution in [0.3, 0.4) is 0 Å². The number of nitrogens with zero attached hydrogens (tertiary/aromatic N) is 4. The van der Waals surface area contributed by atoms with Crippen molar-refractivity contribution in [3.63, 3.8) is 0 Å². The third-order valence-electron chi connectivity index (χ3n) is 4.70. The Morgan fingerprint density at radius 1 is 1.23 bits per heavy atom. The van der Waals surface area contributed by atoms with Crippen molar-refractivity contribution in [1.29, 1.82) is 0 Å². The molecule has 0 saturated heterocycles. The van der Waals surface area contributed by atoms with Crippen LogP contribution in [0.2, 0.25) is 10.0 Å². The van der Waals surface area contributed by atoms with E-state index in [2.05, 4.69) is 20.8 Å². The van der Waals surface area contributed by atoms with E-state index in [-0.39, 0.29) is 6.61 Å². The highest BCUT2D eigenvalue weighted by atomic mass is 35.5. The molecule has 8 nitrogen and oxygen atoms in total. The van der Waals surface area contributed by atoms with Crippen molar-refractivity contribution < 1.29 is 14.3 Å². The number of anilines is 1. The molecule has 1 N–H and O–H groups in total. The van der Waals surface area contributed by atoms with Crippen molar-refractivity contribution in [3.05, 3.63) is 74.9 Å². The Balaban J connectivity index is 1.66. The summed E-state index contributed by atoms with van der Waals surface area (Å²) in [6.07, 6.45) is 0. The van der Waals surface area contributed by atoms with Gasteiger partial charge < -0.3 is 14.8 Å². The van der Waals surface area contributed by atoms with Crippen molar-refractivity contribution >= 4 is 35.1 Å². The number of tetrazole rings is 1. The zero-order chi connectivity index (χ0) is 21.3. The van der Waals surface area contributed by atoms with Crippen molar-refractivity contribution in [3.8, 4) is 5.75 Å². The average molecular weight is 446 g/mol. The summed E-state index contributed by atoms with van der Waals surface area (Å²) >= 11 is 12.2. The average Bonchev–Trinajstić information content (AvgIpc) is 3.19. The minimum absolute atomic E-state index is 0.264. The van der Waals surface area contributed by atoms with Gasteiger partial charge in [0.05, 0.1) is 12.7 Å². The second-order valence-electron chi connectivity index (χ2n) is 6.60. The van der Waals surface area contributed by atoms with E-state index >= 15 is 0 Å². The van der Waals surface area contributed by atoms with Crippen LogP contribution in [0.15, 0.2) is 53.7 Å². The van der Waals surface area contributed by atoms with Crippen molar-refractivity contribution in [2.45, 2.75) is 19.6 Å². The van der Waals surface area contributed by atoms with Gasteiger partial charge in [0.15, 0.2) is 0 Å². The predicted octanol–water partition coefficient (Wildman–Crippen LogP) is 4.02. The number of carbonyl (C=O) groups is 1. The SMILES string of the molecule is COC(=O)C1=C(C)Nc2nnnn2C1c1cccc(OCc2ccc(Cl)cc2Cl)c1. The molecule has 3 aromatic rings. The number of methoxy groups -OCH3 is 1. The quantitative estimate of drug-likeness (QED) is 0.592. The monoisotopic (exact) mass is 445 g/mol. The summed E-state index contributed by atoms with van der Waals surface area (Å²) in [4.78, 5) is 12.5. The molecular formula is C20H17Cl2N5O3. The maximum Gasteiger partial charge on any atom is 0.338 e. The molecule has 1 aromatic heterocycles. The van der Waals surface area contributed by atoms with Crippen LogP contribution in [0.1, 0.15) is 24.1 Å². The fourth-order valence-corrected chi connectivity index (χ4v) is 3.73. The highest BCUT2D eigenvalue weighted by molar-refractivity contribution is 6.35. The molecule has 1 aliphatic rings. The lowest BCUT2D eigenvalue weighted by atomic mass is 9.95. The zero-order valence-corrected chi connectivity index (χ0v) is 17.6. The first-order valence-corrected chi connectivity index (χ1v) is 9.74. The number of ether oxygens (including phenoxy) is 2. The van der Waals surface area contributed by atoms with Crippen LogP contribution in [-0.4, -0.2) is 33.3 Å². The first-order chi connectivity index (χ1) is 14.5. The first kappa shape index (κ1) is 20.2. The lowest BCUT2D eigenvalue weighted by molar-refractivity contribution is -0.136. The molecule has 4 rings (SSSR count). The van der Waals surface area contributed by atoms with Crippen LogP contribution >= 0.6 is 23.2 Å². The highest BCUT2D eigenvalue weighted by Gasteiger charge is 2.34. The van der Waals surface area contributed by atoms with Gasteiger partial charge in [-0.25, -0.2) is 4.79 Å². The van der Waals surface area contributed by atoms with E-state index in [1.165, 1.54) is 11.8 Å². The van der Waals surface area contributed by atoms with Crippen LogP contribution in [0.4, 0.5) is 5.95 Å². The van der Waals surface area contributed by atoms with Crippen molar-refractivity contribution in [1.82, 2.24) is 20.2 Å². The minimum atomic E-state index is -0.564. The fourth-order valence-electron chi connectivity index (χ4n) is 3.27. The third-order valence-corrected chi connectivity index (χ3v) is 5.29. The molecule has 0 spiro atoms. The molecule has 0 fully saturated rings. The number of allylic oxidation sites excluding steroid dienone is 1. The number of hydrogen-bond donors (Lipinski definition) is 1. The maximum absolute atomic E-state index is 12.5. The van der Waals surface area contributed by atoms with Gasteiger partial charge in [-0.05, 0) is 47.2 Å². The predicted molar refractivity (Wildman–Crippen MR) is 112 cm³/mol. The molecule has 10 heteroatoms. The molecule has 0 amide bonds. The normalized spacial score (nSPS) is 15.4. The topological polar surface area (TPSA) is 91.2 Å². The molecule has 1 atom stereocenters. The molecule has 2 heterocycles. The van der Waals surface area contributed by atoms with E-state index in [0.29, 0.717) is 33.0 Å². The van der Waals surface area contributed by atoms with Gasteiger partial charge in [-0.3, -0.25) is 0 Å². The van der Waals surface area contributed by atoms with Crippen LogP contribution in [0, 0.1) is 0 Å². The van der Waals surface area contributed by atoms with Crippen LogP contribution < -0.4 is 10.1 Å². The molecular weight excluding hydrogens is 429 g/mol. The first-order valence-electron chi connectivity index (χ1n) is 8.98. The van der Waals surface area contributed by atoms with Gasteiger partial charge >= 0.3 is 5.97 Å². The van der Waals surface area contributed by atoms with E-state index in [1.807, 2.05) is 30.3 Å². The summed E-state index contributed by atoms with van der Waals surface area (Å²) in [6.45, 7) is 2.04. The number of esters is 1. The smallest absolute Gasteiger partial charge is 0.338 e. The van der Waals surface area contributed by atoms with Crippen molar-refractivity contribution in [2.75, 3.05) is 12.4 Å². The van der Waals surface area contributed by atoms with Gasteiger partial charge in [0.25, 0.3) is 0 Å². The van der Waals surface area contributed by atoms with Crippen molar-refractivity contribution in [2.24, 2.45) is 0 Å². The summed E-state index contributed by atoms with van der Waals surface area (Å²) < 4.78 is 12.4. The number of nitrogens with one attached hydrogen (secondary N) is 1. The number of benzene rings is 2. The van der Waals surface area contributed by atoms with Crippen LogP contribution in [0.25, 0.3) is 0 Å². The molecule has 0 bridgehead atoms. The van der Waals surface area contributed by atoms with Crippen LogP contribution in [-0.2, 0) is 16.1 Å². The molecule has 2 aromatic carbocycles. The summed E-state index contributed by atoms with van der Waals surface area (Å²) in [6, 6.07) is 12.0. The highest BCUT2D eigenvalue weighted by Crippen LogP contribution is 2.36. The molecule has 1 aliphatic heterocycles. The van der Waals surface area contributed by atoms with E-state index in [9.17, 15) is 4.79 Å². The molecule has 0 saturated carbocycles. The second-order valence-corrected chi connectivity index (χ2v) is 7.45. The summed E-state index contributed by atoms with van der Waals surface area (Å²) in [5.41, 5.74) is 2.61. The van der Waals surface area contributed by atoms with E-state index in [4.69, 9.17) is 32.7 Å². The fraction of sp³-hybridized carbons (Fsp3) is 0.200. The van der Waals surface area contributed by atoms with Gasteiger partial charge in [0, 0.05) is 21.3 Å². The third kappa shape index (κ3) is 3.83. The van der Waals surface area contributed by atoms with Gasteiger partial charge in [0.1, 0.15) is 18.4 Å². The van der Waals surface area contributed by atoms with Gasteiger partial charge in [-0.2, -0.15) is 4.68 Å². The number of carbonyl (C=O) groups excluding carboxylic acids is 1. The second kappa shape index (κ2) is 8.33. The number of halogens is 2. The Hall–Kier alpha value is -3.10. The molecule has 0 aliphatic carbocycles. The van der Waals surface area contributed by atoms with E-state index < -0.39 is 12.0 Å². The Morgan fingerprint density at radius 2 is 2.07 bits per heavy atom. The summed E-state index contributed by atoms with van der Waals surface area (Å²) in [5.74, 6) is 0.573. The van der Waals surface area contributed by atoms with Gasteiger partial charge in [-0.1, -0.05) is 46.5 Å². The number of aromatic nitrogens is 4. The molecule has 0 radical (unpaired) electrons. The Morgan fingerprint density at radius 3 is 2.83 bits per heavy atom. The standard InChI is InChI=1S/C20H17Cl2N5O3/c1-11-17(19(28)29-2)18(27-20(23-11)24-25-26-27)12-4-3-5-15(8-12)30-10-13-6-7-14(21)9-16(13)22/h3-9,18H,10H2,1-2H3,(H,23,24,26). The number of hydrogen-bond acceptors (Lipinski definition) is 7. The van der Waals surface area contributed by atoms with Crippen LogP contribution in [0.5, 0.6) is 5.75 Å². The molecule has 1 unspecified atom stereocenters. The molecule has 30 heavy (non-hydrogen) atoms. The largest absolute Gasteiger partial charge is 0.489 e. The van der Waals surface area contributed by atoms with E-state index in [1.54, 1.807) is 19.1 Å². The zero-order valence-electron chi connectivity index (χ0n) is 16.1.